The summed E-state index contributed by atoms with van der Waals surface area (Å²) in [5, 5.41) is 3.42. The molecule has 0 aromatic heterocycles. The Kier molecular flexibility index (Phi) is 5.46. The number of nitrogens with one attached hydrogen (secondary N) is 1. The third-order valence-corrected chi connectivity index (χ3v) is 3.23. The molecule has 0 radical (unpaired) electrons. The van der Waals surface area contributed by atoms with Crippen LogP contribution in [0.15, 0.2) is 28.7 Å². The zero-order valence-electron chi connectivity index (χ0n) is 10.2. The topological polar surface area (TPSA) is 21.3 Å². The van der Waals surface area contributed by atoms with Crippen molar-refractivity contribution in [1.82, 2.24) is 5.32 Å². The number of ether oxygens (including phenoxy) is 1. The fourth-order valence-corrected chi connectivity index (χ4v) is 1.59. The zero-order valence-corrected chi connectivity index (χ0v) is 11.8. The molecule has 0 atom stereocenters. The Morgan fingerprint density at radius 2 is 1.88 bits per heavy atom. The van der Waals surface area contributed by atoms with Crippen molar-refractivity contribution in [3.63, 3.8) is 0 Å². The first-order valence-electron chi connectivity index (χ1n) is 5.54. The van der Waals surface area contributed by atoms with Gasteiger partial charge in [0, 0.05) is 18.1 Å². The average Bonchev–Trinajstić information content (AvgIpc) is 2.27. The van der Waals surface area contributed by atoms with Crippen LogP contribution in [-0.2, 0) is 11.3 Å². The molecular formula is C13H20BrNO. The van der Waals surface area contributed by atoms with Gasteiger partial charge in [-0.2, -0.15) is 0 Å². The molecule has 0 aliphatic carbocycles. The van der Waals surface area contributed by atoms with Gasteiger partial charge in [-0.1, -0.05) is 28.1 Å². The fourth-order valence-electron chi connectivity index (χ4n) is 1.33. The van der Waals surface area contributed by atoms with E-state index in [4.69, 9.17) is 4.74 Å². The van der Waals surface area contributed by atoms with Crippen molar-refractivity contribution in [3.8, 4) is 0 Å². The Morgan fingerprint density at radius 1 is 1.25 bits per heavy atom. The predicted molar refractivity (Wildman–Crippen MR) is 71.6 cm³/mol. The van der Waals surface area contributed by atoms with E-state index in [1.807, 2.05) is 0 Å². The van der Waals surface area contributed by atoms with Gasteiger partial charge in [0.2, 0.25) is 0 Å². The van der Waals surface area contributed by atoms with Crippen LogP contribution in [0.4, 0.5) is 0 Å². The summed E-state index contributed by atoms with van der Waals surface area (Å²) in [5.41, 5.74) is 1.27. The second-order valence-electron chi connectivity index (χ2n) is 4.52. The lowest BCUT2D eigenvalue weighted by molar-refractivity contribution is 0.0158. The van der Waals surface area contributed by atoms with E-state index in [-0.39, 0.29) is 5.60 Å². The molecule has 1 N–H and O–H groups in total. The maximum atomic E-state index is 5.36. The molecule has 1 rings (SSSR count). The second-order valence-corrected chi connectivity index (χ2v) is 5.43. The molecule has 2 nitrogen and oxygen atoms in total. The van der Waals surface area contributed by atoms with Gasteiger partial charge in [-0.25, -0.2) is 0 Å². The summed E-state index contributed by atoms with van der Waals surface area (Å²) in [7, 11) is 1.76. The molecule has 0 heterocycles. The standard InChI is InChI=1S/C13H20BrNO/c1-13(2,16-3)8-9-15-10-11-4-6-12(14)7-5-11/h4-7,15H,8-10H2,1-3H3. The molecular weight excluding hydrogens is 266 g/mol. The number of benzene rings is 1. The lowest BCUT2D eigenvalue weighted by atomic mass is 10.1. The molecule has 1 aromatic rings. The van der Waals surface area contributed by atoms with E-state index in [1.54, 1.807) is 7.11 Å². The molecule has 90 valence electrons. The Hall–Kier alpha value is -0.380. The Morgan fingerprint density at radius 3 is 2.44 bits per heavy atom. The smallest absolute Gasteiger partial charge is 0.0634 e. The van der Waals surface area contributed by atoms with E-state index in [2.05, 4.69) is 59.4 Å². The lowest BCUT2D eigenvalue weighted by Gasteiger charge is -2.22. The highest BCUT2D eigenvalue weighted by Gasteiger charge is 2.14. The largest absolute Gasteiger partial charge is 0.379 e. The Balaban J connectivity index is 2.23. The fraction of sp³-hybridized carbons (Fsp3) is 0.538. The summed E-state index contributed by atoms with van der Waals surface area (Å²) in [6, 6.07) is 8.38. The Bertz CT molecular complexity index is 308. The summed E-state index contributed by atoms with van der Waals surface area (Å²) < 4.78 is 6.48. The zero-order chi connectivity index (χ0) is 12.0. The minimum Gasteiger partial charge on any atom is -0.379 e. The quantitative estimate of drug-likeness (QED) is 0.810. The summed E-state index contributed by atoms with van der Waals surface area (Å²) in [6.07, 6.45) is 1.01. The normalized spacial score (nSPS) is 11.8. The van der Waals surface area contributed by atoms with Crippen molar-refractivity contribution >= 4 is 15.9 Å². The van der Waals surface area contributed by atoms with Gasteiger partial charge in [-0.3, -0.25) is 0 Å². The van der Waals surface area contributed by atoms with Gasteiger partial charge < -0.3 is 10.1 Å². The van der Waals surface area contributed by atoms with Crippen molar-refractivity contribution in [2.45, 2.75) is 32.4 Å². The molecule has 3 heteroatoms. The number of halogens is 1. The van der Waals surface area contributed by atoms with Gasteiger partial charge in [-0.15, -0.1) is 0 Å². The van der Waals surface area contributed by atoms with E-state index < -0.39 is 0 Å². The van der Waals surface area contributed by atoms with Gasteiger partial charge >= 0.3 is 0 Å². The third-order valence-electron chi connectivity index (χ3n) is 2.70. The molecule has 1 aromatic carbocycles. The highest BCUT2D eigenvalue weighted by Crippen LogP contribution is 2.12. The number of hydrogen-bond acceptors (Lipinski definition) is 2. The van der Waals surface area contributed by atoms with E-state index >= 15 is 0 Å². The Labute approximate surface area is 107 Å². The van der Waals surface area contributed by atoms with Crippen LogP contribution < -0.4 is 5.32 Å². The molecule has 0 saturated carbocycles. The minimum absolute atomic E-state index is 0.0350. The lowest BCUT2D eigenvalue weighted by Crippen LogP contribution is -2.28. The first-order chi connectivity index (χ1) is 7.53. The van der Waals surface area contributed by atoms with E-state index in [9.17, 15) is 0 Å². The first-order valence-corrected chi connectivity index (χ1v) is 6.33. The summed E-state index contributed by atoms with van der Waals surface area (Å²) in [6.45, 7) is 6.09. The van der Waals surface area contributed by atoms with Gasteiger partial charge in [0.05, 0.1) is 5.60 Å². The molecule has 0 spiro atoms. The maximum absolute atomic E-state index is 5.36. The van der Waals surface area contributed by atoms with E-state index in [0.29, 0.717) is 0 Å². The van der Waals surface area contributed by atoms with E-state index in [1.165, 1.54) is 5.56 Å². The number of hydrogen-bond donors (Lipinski definition) is 1. The van der Waals surface area contributed by atoms with Crippen molar-refractivity contribution < 1.29 is 4.74 Å². The summed E-state index contributed by atoms with van der Waals surface area (Å²) in [5.74, 6) is 0. The second kappa shape index (κ2) is 6.38. The number of rotatable bonds is 6. The SMILES string of the molecule is COC(C)(C)CCNCc1ccc(Br)cc1. The van der Waals surface area contributed by atoms with Crippen LogP contribution in [0.1, 0.15) is 25.8 Å². The first kappa shape index (κ1) is 13.7. The van der Waals surface area contributed by atoms with Crippen molar-refractivity contribution in [2.24, 2.45) is 0 Å². The van der Waals surface area contributed by atoms with Crippen LogP contribution in [0.5, 0.6) is 0 Å². The highest BCUT2D eigenvalue weighted by atomic mass is 79.9. The van der Waals surface area contributed by atoms with Crippen LogP contribution in [0.3, 0.4) is 0 Å². The van der Waals surface area contributed by atoms with Crippen LogP contribution in [0, 0.1) is 0 Å². The molecule has 0 amide bonds. The molecule has 0 fully saturated rings. The molecule has 0 aliphatic heterocycles. The minimum atomic E-state index is -0.0350. The summed E-state index contributed by atoms with van der Waals surface area (Å²) >= 11 is 3.43. The van der Waals surface area contributed by atoms with Gasteiger partial charge in [0.25, 0.3) is 0 Å². The molecule has 0 aliphatic rings. The maximum Gasteiger partial charge on any atom is 0.0634 e. The van der Waals surface area contributed by atoms with Gasteiger partial charge in [0.15, 0.2) is 0 Å². The van der Waals surface area contributed by atoms with Crippen LogP contribution >= 0.6 is 15.9 Å². The van der Waals surface area contributed by atoms with Crippen LogP contribution in [-0.4, -0.2) is 19.3 Å². The van der Waals surface area contributed by atoms with Crippen molar-refractivity contribution in [1.29, 1.82) is 0 Å². The monoisotopic (exact) mass is 285 g/mol. The van der Waals surface area contributed by atoms with Crippen LogP contribution in [0.25, 0.3) is 0 Å². The molecule has 0 bridgehead atoms. The molecule has 16 heavy (non-hydrogen) atoms. The summed E-state index contributed by atoms with van der Waals surface area (Å²) in [4.78, 5) is 0. The van der Waals surface area contributed by atoms with Gasteiger partial charge in [-0.05, 0) is 44.5 Å². The number of methoxy groups -OCH3 is 1. The predicted octanol–water partition coefficient (Wildman–Crippen LogP) is 3.35. The third kappa shape index (κ3) is 5.10. The molecule has 0 unspecified atom stereocenters. The molecule has 0 saturated heterocycles. The van der Waals surface area contributed by atoms with Gasteiger partial charge in [0.1, 0.15) is 0 Å². The van der Waals surface area contributed by atoms with Crippen molar-refractivity contribution in [3.05, 3.63) is 34.3 Å². The van der Waals surface area contributed by atoms with Crippen LogP contribution in [0.2, 0.25) is 0 Å². The average molecular weight is 286 g/mol. The van der Waals surface area contributed by atoms with Crippen molar-refractivity contribution in [2.75, 3.05) is 13.7 Å². The highest BCUT2D eigenvalue weighted by molar-refractivity contribution is 9.10. The van der Waals surface area contributed by atoms with E-state index in [0.717, 1.165) is 24.0 Å².